The van der Waals surface area contributed by atoms with Gasteiger partial charge in [-0.05, 0) is 37.8 Å². The zero-order chi connectivity index (χ0) is 20.0. The Kier molecular flexibility index (Phi) is 6.76. The smallest absolute Gasteiger partial charge is 0.231 e. The van der Waals surface area contributed by atoms with Crippen molar-refractivity contribution in [2.45, 2.75) is 25.7 Å². The molecule has 7 heteroatoms. The molecule has 2 aliphatic rings. The van der Waals surface area contributed by atoms with E-state index in [2.05, 4.69) is 6.07 Å². The lowest BCUT2D eigenvalue weighted by Gasteiger charge is -2.41. The van der Waals surface area contributed by atoms with Crippen molar-refractivity contribution < 1.29 is 24.1 Å². The SMILES string of the molecule is COc1cc(C#N)ccc1OCC1CCCN(C(=O)C2(CO)CCOCC2)C1. The van der Waals surface area contributed by atoms with Gasteiger partial charge in [-0.25, -0.2) is 0 Å². The van der Waals surface area contributed by atoms with E-state index in [0.717, 1.165) is 19.4 Å². The van der Waals surface area contributed by atoms with Crippen LogP contribution in [-0.4, -0.2) is 62.5 Å². The summed E-state index contributed by atoms with van der Waals surface area (Å²) in [5.74, 6) is 1.39. The largest absolute Gasteiger partial charge is 0.493 e. The lowest BCUT2D eigenvalue weighted by atomic mass is 9.79. The molecule has 2 aliphatic heterocycles. The second-order valence-corrected chi connectivity index (χ2v) is 7.60. The van der Waals surface area contributed by atoms with Crippen LogP contribution in [0.4, 0.5) is 0 Å². The van der Waals surface area contributed by atoms with Gasteiger partial charge in [0.2, 0.25) is 5.91 Å². The summed E-state index contributed by atoms with van der Waals surface area (Å²) in [6, 6.07) is 7.18. The third-order valence-corrected chi connectivity index (χ3v) is 5.78. The van der Waals surface area contributed by atoms with Gasteiger partial charge >= 0.3 is 0 Å². The number of aliphatic hydroxyl groups is 1. The van der Waals surface area contributed by atoms with E-state index in [9.17, 15) is 9.90 Å². The van der Waals surface area contributed by atoms with Crippen LogP contribution in [0.2, 0.25) is 0 Å². The van der Waals surface area contributed by atoms with E-state index in [4.69, 9.17) is 19.5 Å². The van der Waals surface area contributed by atoms with E-state index in [1.54, 1.807) is 25.3 Å². The van der Waals surface area contributed by atoms with E-state index >= 15 is 0 Å². The molecule has 152 valence electrons. The first kappa shape index (κ1) is 20.4. The average molecular weight is 388 g/mol. The molecule has 1 aromatic carbocycles. The maximum absolute atomic E-state index is 13.1. The molecule has 0 bridgehead atoms. The topological polar surface area (TPSA) is 92.0 Å². The van der Waals surface area contributed by atoms with Crippen molar-refractivity contribution >= 4 is 5.91 Å². The van der Waals surface area contributed by atoms with Gasteiger partial charge in [0.05, 0.1) is 37.4 Å². The number of amides is 1. The zero-order valence-corrected chi connectivity index (χ0v) is 16.4. The van der Waals surface area contributed by atoms with Crippen LogP contribution in [0.3, 0.4) is 0 Å². The molecular formula is C21H28N2O5. The first-order chi connectivity index (χ1) is 13.6. The van der Waals surface area contributed by atoms with Gasteiger partial charge in [0.25, 0.3) is 0 Å². The number of carbonyl (C=O) groups is 1. The minimum atomic E-state index is -0.697. The second kappa shape index (κ2) is 9.26. The van der Waals surface area contributed by atoms with E-state index in [-0.39, 0.29) is 18.4 Å². The van der Waals surface area contributed by atoms with E-state index in [0.29, 0.717) is 56.3 Å². The van der Waals surface area contributed by atoms with Crippen LogP contribution >= 0.6 is 0 Å². The van der Waals surface area contributed by atoms with Gasteiger partial charge in [0.15, 0.2) is 11.5 Å². The highest BCUT2D eigenvalue weighted by atomic mass is 16.5. The molecule has 0 aliphatic carbocycles. The average Bonchev–Trinajstić information content (AvgIpc) is 2.77. The highest BCUT2D eigenvalue weighted by Crippen LogP contribution is 2.34. The number of carbonyl (C=O) groups excluding carboxylic acids is 1. The molecule has 1 N–H and O–H groups in total. The Balaban J connectivity index is 1.61. The maximum atomic E-state index is 13.1. The molecule has 0 saturated carbocycles. The number of rotatable bonds is 6. The number of aliphatic hydroxyl groups excluding tert-OH is 1. The highest BCUT2D eigenvalue weighted by Gasteiger charge is 2.43. The fourth-order valence-corrected chi connectivity index (χ4v) is 3.99. The molecule has 28 heavy (non-hydrogen) atoms. The lowest BCUT2D eigenvalue weighted by Crippen LogP contribution is -2.52. The Bertz CT molecular complexity index is 724. The van der Waals surface area contributed by atoms with Crippen LogP contribution in [0.15, 0.2) is 18.2 Å². The van der Waals surface area contributed by atoms with Crippen LogP contribution in [-0.2, 0) is 9.53 Å². The highest BCUT2D eigenvalue weighted by molar-refractivity contribution is 5.83. The van der Waals surface area contributed by atoms with Gasteiger partial charge in [-0.2, -0.15) is 5.26 Å². The van der Waals surface area contributed by atoms with Crippen molar-refractivity contribution in [1.29, 1.82) is 5.26 Å². The quantitative estimate of drug-likeness (QED) is 0.801. The number of hydrogen-bond acceptors (Lipinski definition) is 6. The summed E-state index contributed by atoms with van der Waals surface area (Å²) < 4.78 is 16.6. The van der Waals surface area contributed by atoms with Crippen molar-refractivity contribution in [2.24, 2.45) is 11.3 Å². The number of nitriles is 1. The third-order valence-electron chi connectivity index (χ3n) is 5.78. The number of nitrogens with zero attached hydrogens (tertiary/aromatic N) is 2. The number of methoxy groups -OCH3 is 1. The molecule has 1 atom stereocenters. The Hall–Kier alpha value is -2.30. The van der Waals surface area contributed by atoms with Crippen LogP contribution < -0.4 is 9.47 Å². The second-order valence-electron chi connectivity index (χ2n) is 7.60. The van der Waals surface area contributed by atoms with Gasteiger partial charge in [0.1, 0.15) is 0 Å². The first-order valence-electron chi connectivity index (χ1n) is 9.81. The standard InChI is InChI=1S/C21H28N2O5/c1-26-19-11-16(12-22)4-5-18(19)28-14-17-3-2-8-23(13-17)20(25)21(15-24)6-9-27-10-7-21/h4-5,11,17,24H,2-3,6-10,13-15H2,1H3. The summed E-state index contributed by atoms with van der Waals surface area (Å²) in [5, 5.41) is 18.9. The monoisotopic (exact) mass is 388 g/mol. The number of likely N-dealkylation sites (tertiary alicyclic amines) is 1. The molecule has 1 amide bonds. The number of piperidine rings is 1. The predicted molar refractivity (Wildman–Crippen MR) is 102 cm³/mol. The maximum Gasteiger partial charge on any atom is 0.231 e. The van der Waals surface area contributed by atoms with E-state index in [1.165, 1.54) is 0 Å². The fraction of sp³-hybridized carbons (Fsp3) is 0.619. The van der Waals surface area contributed by atoms with Gasteiger partial charge in [-0.1, -0.05) is 0 Å². The number of hydrogen-bond donors (Lipinski definition) is 1. The Morgan fingerprint density at radius 2 is 2.18 bits per heavy atom. The number of benzene rings is 1. The summed E-state index contributed by atoms with van der Waals surface area (Å²) in [7, 11) is 1.55. The molecule has 2 heterocycles. The van der Waals surface area contributed by atoms with Crippen LogP contribution in [0, 0.1) is 22.7 Å². The van der Waals surface area contributed by atoms with E-state index in [1.807, 2.05) is 4.90 Å². The Labute approximate surface area is 165 Å². The van der Waals surface area contributed by atoms with Crippen molar-refractivity contribution in [3.63, 3.8) is 0 Å². The molecule has 7 nitrogen and oxygen atoms in total. The molecule has 2 fully saturated rings. The lowest BCUT2D eigenvalue weighted by molar-refractivity contribution is -0.153. The summed E-state index contributed by atoms with van der Waals surface area (Å²) in [6.45, 7) is 2.73. The minimum absolute atomic E-state index is 0.0407. The summed E-state index contributed by atoms with van der Waals surface area (Å²) in [4.78, 5) is 15.0. The van der Waals surface area contributed by atoms with Gasteiger partial charge in [-0.15, -0.1) is 0 Å². The molecular weight excluding hydrogens is 360 g/mol. The molecule has 0 spiro atoms. The Morgan fingerprint density at radius 1 is 1.39 bits per heavy atom. The van der Waals surface area contributed by atoms with Gasteiger partial charge < -0.3 is 24.2 Å². The van der Waals surface area contributed by atoms with Crippen molar-refractivity contribution in [3.05, 3.63) is 23.8 Å². The molecule has 0 radical (unpaired) electrons. The summed E-state index contributed by atoms with van der Waals surface area (Å²) in [5.41, 5.74) is -0.179. The van der Waals surface area contributed by atoms with Crippen LogP contribution in [0.5, 0.6) is 11.5 Å². The first-order valence-corrected chi connectivity index (χ1v) is 9.81. The molecule has 1 aromatic rings. The van der Waals surface area contributed by atoms with Gasteiger partial charge in [0, 0.05) is 38.3 Å². The molecule has 2 saturated heterocycles. The van der Waals surface area contributed by atoms with Crippen molar-refractivity contribution in [2.75, 3.05) is 46.6 Å². The van der Waals surface area contributed by atoms with Gasteiger partial charge in [-0.3, -0.25) is 4.79 Å². The van der Waals surface area contributed by atoms with Crippen LogP contribution in [0.1, 0.15) is 31.2 Å². The summed E-state index contributed by atoms with van der Waals surface area (Å²) in [6.07, 6.45) is 3.05. The van der Waals surface area contributed by atoms with Crippen molar-refractivity contribution in [3.8, 4) is 17.6 Å². The van der Waals surface area contributed by atoms with E-state index < -0.39 is 5.41 Å². The number of ether oxygens (including phenoxy) is 3. The predicted octanol–water partition coefficient (Wildman–Crippen LogP) is 1.97. The molecule has 0 aromatic heterocycles. The Morgan fingerprint density at radius 3 is 2.86 bits per heavy atom. The third kappa shape index (κ3) is 4.40. The van der Waals surface area contributed by atoms with Crippen LogP contribution in [0.25, 0.3) is 0 Å². The van der Waals surface area contributed by atoms with Crippen molar-refractivity contribution in [1.82, 2.24) is 4.90 Å². The molecule has 1 unspecified atom stereocenters. The zero-order valence-electron chi connectivity index (χ0n) is 16.4. The molecule has 3 rings (SSSR count). The normalized spacial score (nSPS) is 21.6. The minimum Gasteiger partial charge on any atom is -0.493 e. The summed E-state index contributed by atoms with van der Waals surface area (Å²) >= 11 is 0. The fourth-order valence-electron chi connectivity index (χ4n) is 3.99.